The molecule has 0 fully saturated rings. The minimum absolute atomic E-state index is 0.758. The molecule has 1 aliphatic heterocycles. The highest BCUT2D eigenvalue weighted by molar-refractivity contribution is 9.13. The molecule has 0 N–H and O–H groups in total. The molecule has 0 unspecified atom stereocenters. The highest BCUT2D eigenvalue weighted by Crippen LogP contribution is 2.25. The molecule has 2 rings (SSSR count). The summed E-state index contributed by atoms with van der Waals surface area (Å²) in [5.74, 6) is 0. The summed E-state index contributed by atoms with van der Waals surface area (Å²) in [5, 5.41) is 0. The summed E-state index contributed by atoms with van der Waals surface area (Å²) in [4.78, 5) is 8.38. The number of hydrogen-bond donors (Lipinski definition) is 0. The molecular formula is C7H4Br2N2. The predicted octanol–water partition coefficient (Wildman–Crippen LogP) is 2.54. The summed E-state index contributed by atoms with van der Waals surface area (Å²) in [6.45, 7) is 0.758. The fourth-order valence-electron chi connectivity index (χ4n) is 0.986. The van der Waals surface area contributed by atoms with Crippen LogP contribution in [0.2, 0.25) is 0 Å². The van der Waals surface area contributed by atoms with E-state index in [9.17, 15) is 0 Å². The van der Waals surface area contributed by atoms with Crippen LogP contribution in [0, 0.1) is 0 Å². The van der Waals surface area contributed by atoms with E-state index in [2.05, 4.69) is 41.8 Å². The largest absolute Gasteiger partial charge is 0.286 e. The van der Waals surface area contributed by atoms with Gasteiger partial charge < -0.3 is 0 Å². The number of halogens is 2. The van der Waals surface area contributed by atoms with E-state index in [1.165, 1.54) is 5.56 Å². The third kappa shape index (κ3) is 1.25. The van der Waals surface area contributed by atoms with Crippen molar-refractivity contribution in [3.8, 4) is 0 Å². The molecule has 0 spiro atoms. The first kappa shape index (κ1) is 7.43. The van der Waals surface area contributed by atoms with Crippen molar-refractivity contribution in [2.24, 2.45) is 4.99 Å². The van der Waals surface area contributed by atoms with Crippen LogP contribution in [0.5, 0.6) is 0 Å². The molecule has 2 nitrogen and oxygen atoms in total. The van der Waals surface area contributed by atoms with Crippen molar-refractivity contribution in [2.45, 2.75) is 6.54 Å². The van der Waals surface area contributed by atoms with Gasteiger partial charge in [-0.05, 0) is 37.9 Å². The van der Waals surface area contributed by atoms with E-state index in [1.807, 2.05) is 6.07 Å². The summed E-state index contributed by atoms with van der Waals surface area (Å²) < 4.78 is 1.83. The second-order valence-corrected chi connectivity index (χ2v) is 3.88. The van der Waals surface area contributed by atoms with Crippen LogP contribution in [0.4, 0.5) is 0 Å². The Hall–Kier alpha value is -0.220. The van der Waals surface area contributed by atoms with Crippen LogP contribution in [-0.4, -0.2) is 11.2 Å². The average Bonchev–Trinajstić information content (AvgIpc) is 2.36. The average molecular weight is 276 g/mol. The fraction of sp³-hybridized carbons (Fsp3) is 0.143. The van der Waals surface area contributed by atoms with Crippen molar-refractivity contribution in [3.05, 3.63) is 26.4 Å². The van der Waals surface area contributed by atoms with Crippen LogP contribution in [0.25, 0.3) is 0 Å². The van der Waals surface area contributed by atoms with E-state index in [0.717, 1.165) is 21.3 Å². The quantitative estimate of drug-likeness (QED) is 0.668. The number of rotatable bonds is 0. The summed E-state index contributed by atoms with van der Waals surface area (Å²) in [5.41, 5.74) is 2.15. The summed E-state index contributed by atoms with van der Waals surface area (Å²) in [6.07, 6.45) is 1.80. The first-order valence-corrected chi connectivity index (χ1v) is 4.71. The zero-order valence-corrected chi connectivity index (χ0v) is 8.68. The van der Waals surface area contributed by atoms with Gasteiger partial charge >= 0.3 is 0 Å². The lowest BCUT2D eigenvalue weighted by Gasteiger charge is -1.98. The van der Waals surface area contributed by atoms with Gasteiger partial charge in [0.05, 0.1) is 16.7 Å². The number of aromatic nitrogens is 1. The van der Waals surface area contributed by atoms with Gasteiger partial charge in [-0.25, -0.2) is 4.98 Å². The third-order valence-electron chi connectivity index (χ3n) is 1.52. The fourth-order valence-corrected chi connectivity index (χ4v) is 1.66. The number of aliphatic imine (C=N–C) groups is 1. The molecule has 0 saturated heterocycles. The second-order valence-electron chi connectivity index (χ2n) is 2.28. The molecule has 1 aromatic rings. The Morgan fingerprint density at radius 2 is 2.18 bits per heavy atom. The Balaban J connectivity index is 2.63. The van der Waals surface area contributed by atoms with Crippen molar-refractivity contribution in [1.82, 2.24) is 4.98 Å². The van der Waals surface area contributed by atoms with Gasteiger partial charge in [0.2, 0.25) is 0 Å². The van der Waals surface area contributed by atoms with Crippen LogP contribution >= 0.6 is 31.9 Å². The maximum Gasteiger partial charge on any atom is 0.121 e. The molecule has 0 saturated carbocycles. The minimum Gasteiger partial charge on any atom is -0.286 e. The van der Waals surface area contributed by atoms with E-state index in [4.69, 9.17) is 0 Å². The molecule has 11 heavy (non-hydrogen) atoms. The Morgan fingerprint density at radius 1 is 1.36 bits per heavy atom. The highest BCUT2D eigenvalue weighted by atomic mass is 79.9. The molecule has 0 atom stereocenters. The van der Waals surface area contributed by atoms with Gasteiger partial charge in [0, 0.05) is 11.8 Å². The van der Waals surface area contributed by atoms with Crippen LogP contribution in [-0.2, 0) is 6.54 Å². The number of hydrogen-bond acceptors (Lipinski definition) is 2. The first-order chi connectivity index (χ1) is 5.27. The number of nitrogens with zero attached hydrogens (tertiary/aromatic N) is 2. The van der Waals surface area contributed by atoms with Crippen molar-refractivity contribution in [2.75, 3.05) is 0 Å². The Kier molecular flexibility index (Phi) is 1.81. The minimum atomic E-state index is 0.758. The Labute approximate surface area is 81.0 Å². The van der Waals surface area contributed by atoms with E-state index < -0.39 is 0 Å². The van der Waals surface area contributed by atoms with Crippen LogP contribution < -0.4 is 0 Å². The number of pyridine rings is 1. The van der Waals surface area contributed by atoms with Gasteiger partial charge in [0.1, 0.15) is 4.60 Å². The molecule has 1 aromatic heterocycles. The molecule has 0 aliphatic carbocycles. The molecule has 1 aliphatic rings. The maximum absolute atomic E-state index is 4.27. The van der Waals surface area contributed by atoms with Crippen LogP contribution in [0.1, 0.15) is 11.3 Å². The molecule has 2 heterocycles. The van der Waals surface area contributed by atoms with Gasteiger partial charge in [-0.1, -0.05) is 0 Å². The smallest absolute Gasteiger partial charge is 0.121 e. The molecule has 0 radical (unpaired) electrons. The van der Waals surface area contributed by atoms with Gasteiger partial charge in [0.15, 0.2) is 0 Å². The topological polar surface area (TPSA) is 25.2 Å². The number of fused-ring (bicyclic) bond motifs is 1. The van der Waals surface area contributed by atoms with Gasteiger partial charge in [-0.2, -0.15) is 0 Å². The lowest BCUT2D eigenvalue weighted by molar-refractivity contribution is 1.08. The van der Waals surface area contributed by atoms with Crippen LogP contribution in [0.15, 0.2) is 20.1 Å². The van der Waals surface area contributed by atoms with Crippen LogP contribution in [0.3, 0.4) is 0 Å². The van der Waals surface area contributed by atoms with E-state index >= 15 is 0 Å². The van der Waals surface area contributed by atoms with Gasteiger partial charge in [-0.3, -0.25) is 4.99 Å². The zero-order chi connectivity index (χ0) is 7.84. The maximum atomic E-state index is 4.27. The third-order valence-corrected chi connectivity index (χ3v) is 3.26. The van der Waals surface area contributed by atoms with Crippen molar-refractivity contribution in [1.29, 1.82) is 0 Å². The van der Waals surface area contributed by atoms with Crippen molar-refractivity contribution in [3.63, 3.8) is 0 Å². The molecular weight excluding hydrogens is 272 g/mol. The molecule has 0 amide bonds. The first-order valence-electron chi connectivity index (χ1n) is 3.12. The van der Waals surface area contributed by atoms with Gasteiger partial charge in [-0.15, -0.1) is 0 Å². The Bertz CT molecular complexity index is 333. The van der Waals surface area contributed by atoms with Crippen molar-refractivity contribution >= 4 is 38.1 Å². The van der Waals surface area contributed by atoms with Gasteiger partial charge in [0.25, 0.3) is 0 Å². The molecule has 56 valence electrons. The van der Waals surface area contributed by atoms with Crippen molar-refractivity contribution < 1.29 is 0 Å². The highest BCUT2D eigenvalue weighted by Gasteiger charge is 2.09. The predicted molar refractivity (Wildman–Crippen MR) is 50.9 cm³/mol. The summed E-state index contributed by atoms with van der Waals surface area (Å²) >= 11 is 6.71. The SMILES string of the molecule is Brc1cc2c(nc1Br)C=NC2. The molecule has 0 aromatic carbocycles. The molecule has 4 heteroatoms. The lowest BCUT2D eigenvalue weighted by atomic mass is 10.2. The monoisotopic (exact) mass is 274 g/mol. The second kappa shape index (κ2) is 2.68. The van der Waals surface area contributed by atoms with E-state index in [0.29, 0.717) is 0 Å². The lowest BCUT2D eigenvalue weighted by Crippen LogP contribution is -1.90. The van der Waals surface area contributed by atoms with E-state index in [1.54, 1.807) is 6.21 Å². The molecule has 0 bridgehead atoms. The zero-order valence-electron chi connectivity index (χ0n) is 5.51. The van der Waals surface area contributed by atoms with E-state index in [-0.39, 0.29) is 0 Å². The standard InChI is InChI=1S/C7H4Br2N2/c8-5-1-4-2-10-3-6(4)11-7(5)9/h1,3H,2H2. The summed E-state index contributed by atoms with van der Waals surface area (Å²) in [6, 6.07) is 2.04. The normalized spacial score (nSPS) is 13.6. The Morgan fingerprint density at radius 3 is 3.00 bits per heavy atom. The summed E-state index contributed by atoms with van der Waals surface area (Å²) in [7, 11) is 0.